The van der Waals surface area contributed by atoms with Crippen LogP contribution in [-0.2, 0) is 0 Å². The van der Waals surface area contributed by atoms with Crippen LogP contribution in [0.1, 0.15) is 47.5 Å². The Morgan fingerprint density at radius 3 is 1.87 bits per heavy atom. The maximum absolute atomic E-state index is 12.1. The Balaban J connectivity index is 4.20. The number of nitrogens with one attached hydrogen (secondary N) is 1. The summed E-state index contributed by atoms with van der Waals surface area (Å²) in [7, 11) is 0. The maximum Gasteiger partial charge on any atom is 0.390 e. The SMILES string of the molecule is CCC(NC(C)CC(F)(F)F)C(C)(C)C. The van der Waals surface area contributed by atoms with E-state index in [1.165, 1.54) is 0 Å². The summed E-state index contributed by atoms with van der Waals surface area (Å²) in [4.78, 5) is 0. The number of rotatable bonds is 4. The predicted octanol–water partition coefficient (Wildman–Crippen LogP) is 3.74. The summed E-state index contributed by atoms with van der Waals surface area (Å²) in [6.07, 6.45) is -4.01. The van der Waals surface area contributed by atoms with Crippen LogP contribution in [-0.4, -0.2) is 18.3 Å². The first kappa shape index (κ1) is 14.8. The fourth-order valence-electron chi connectivity index (χ4n) is 1.73. The van der Waals surface area contributed by atoms with E-state index in [4.69, 9.17) is 0 Å². The smallest absolute Gasteiger partial charge is 0.311 e. The van der Waals surface area contributed by atoms with Gasteiger partial charge in [-0.05, 0) is 18.8 Å². The molecule has 1 nitrogen and oxygen atoms in total. The molecular formula is C11H22F3N. The molecule has 92 valence electrons. The Bertz CT molecular complexity index is 181. The molecule has 0 fully saturated rings. The molecule has 0 radical (unpaired) electrons. The lowest BCUT2D eigenvalue weighted by Crippen LogP contribution is -2.45. The summed E-state index contributed by atoms with van der Waals surface area (Å²) in [5, 5.41) is 3.04. The molecule has 0 aromatic heterocycles. The average Bonchev–Trinajstić information content (AvgIpc) is 1.94. The van der Waals surface area contributed by atoms with Gasteiger partial charge in [-0.25, -0.2) is 0 Å². The zero-order valence-corrected chi connectivity index (χ0v) is 10.2. The van der Waals surface area contributed by atoms with Crippen LogP contribution in [0.4, 0.5) is 13.2 Å². The fraction of sp³-hybridized carbons (Fsp3) is 1.00. The van der Waals surface area contributed by atoms with Gasteiger partial charge in [0.05, 0.1) is 6.42 Å². The molecule has 0 aromatic rings. The highest BCUT2D eigenvalue weighted by Crippen LogP contribution is 2.25. The maximum atomic E-state index is 12.1. The van der Waals surface area contributed by atoms with Crippen LogP contribution < -0.4 is 5.32 Å². The summed E-state index contributed by atoms with van der Waals surface area (Å²) >= 11 is 0. The van der Waals surface area contributed by atoms with Gasteiger partial charge in [-0.2, -0.15) is 13.2 Å². The molecule has 0 amide bonds. The van der Waals surface area contributed by atoms with Crippen LogP contribution >= 0.6 is 0 Å². The third kappa shape index (κ3) is 6.77. The van der Waals surface area contributed by atoms with E-state index in [9.17, 15) is 13.2 Å². The van der Waals surface area contributed by atoms with Gasteiger partial charge in [0, 0.05) is 12.1 Å². The van der Waals surface area contributed by atoms with Crippen molar-refractivity contribution in [1.29, 1.82) is 0 Å². The lowest BCUT2D eigenvalue weighted by molar-refractivity contribution is -0.139. The van der Waals surface area contributed by atoms with Crippen LogP contribution in [0.3, 0.4) is 0 Å². The summed E-state index contributed by atoms with van der Waals surface area (Å²) in [6, 6.07) is -0.399. The van der Waals surface area contributed by atoms with Gasteiger partial charge in [0.2, 0.25) is 0 Å². The highest BCUT2D eigenvalue weighted by Gasteiger charge is 2.32. The topological polar surface area (TPSA) is 12.0 Å². The molecule has 1 N–H and O–H groups in total. The van der Waals surface area contributed by atoms with Crippen molar-refractivity contribution in [2.24, 2.45) is 5.41 Å². The van der Waals surface area contributed by atoms with Gasteiger partial charge in [-0.15, -0.1) is 0 Å². The second-order valence-corrected chi connectivity index (χ2v) is 5.21. The lowest BCUT2D eigenvalue weighted by Gasteiger charge is -2.33. The van der Waals surface area contributed by atoms with E-state index < -0.39 is 18.6 Å². The molecule has 2 atom stereocenters. The minimum atomic E-state index is -4.08. The Kier molecular flexibility index (Phi) is 5.10. The summed E-state index contributed by atoms with van der Waals surface area (Å²) in [5.74, 6) is 0. The molecule has 2 unspecified atom stereocenters. The molecule has 0 bridgehead atoms. The van der Waals surface area contributed by atoms with E-state index in [-0.39, 0.29) is 11.5 Å². The number of halogens is 3. The molecule has 0 saturated heterocycles. The minimum Gasteiger partial charge on any atom is -0.311 e. The molecule has 0 aromatic carbocycles. The van der Waals surface area contributed by atoms with E-state index in [1.807, 2.05) is 27.7 Å². The molecule has 0 aliphatic heterocycles. The monoisotopic (exact) mass is 225 g/mol. The Morgan fingerprint density at radius 1 is 1.13 bits per heavy atom. The molecule has 0 rings (SSSR count). The highest BCUT2D eigenvalue weighted by molar-refractivity contribution is 4.82. The van der Waals surface area contributed by atoms with E-state index in [0.717, 1.165) is 6.42 Å². The average molecular weight is 225 g/mol. The zero-order chi connectivity index (χ0) is 12.3. The van der Waals surface area contributed by atoms with Crippen LogP contribution in [0, 0.1) is 5.41 Å². The first-order valence-corrected chi connectivity index (χ1v) is 5.39. The molecule has 15 heavy (non-hydrogen) atoms. The quantitative estimate of drug-likeness (QED) is 0.768. The predicted molar refractivity (Wildman–Crippen MR) is 56.8 cm³/mol. The van der Waals surface area contributed by atoms with Gasteiger partial charge >= 0.3 is 6.18 Å². The van der Waals surface area contributed by atoms with Crippen molar-refractivity contribution in [1.82, 2.24) is 5.32 Å². The van der Waals surface area contributed by atoms with E-state index >= 15 is 0 Å². The summed E-state index contributed by atoms with van der Waals surface area (Å²) in [5.41, 5.74) is -0.00535. The number of hydrogen-bond acceptors (Lipinski definition) is 1. The van der Waals surface area contributed by atoms with Gasteiger partial charge in [-0.3, -0.25) is 0 Å². The number of hydrogen-bond donors (Lipinski definition) is 1. The second kappa shape index (κ2) is 5.19. The van der Waals surface area contributed by atoms with E-state index in [2.05, 4.69) is 5.32 Å². The van der Waals surface area contributed by atoms with Gasteiger partial charge in [0.15, 0.2) is 0 Å². The number of alkyl halides is 3. The van der Waals surface area contributed by atoms with Crippen molar-refractivity contribution in [3.05, 3.63) is 0 Å². The molecule has 0 spiro atoms. The van der Waals surface area contributed by atoms with Crippen LogP contribution in [0.15, 0.2) is 0 Å². The standard InChI is InChI=1S/C11H22F3N/c1-6-9(10(3,4)5)15-8(2)7-11(12,13)14/h8-9,15H,6-7H2,1-5H3. The third-order valence-corrected chi connectivity index (χ3v) is 2.48. The molecule has 0 aliphatic carbocycles. The summed E-state index contributed by atoms with van der Waals surface area (Å²) in [6.45, 7) is 9.68. The second-order valence-electron chi connectivity index (χ2n) is 5.21. The van der Waals surface area contributed by atoms with Gasteiger partial charge in [0.25, 0.3) is 0 Å². The molecule has 4 heteroatoms. The van der Waals surface area contributed by atoms with Crippen LogP contribution in [0.2, 0.25) is 0 Å². The summed E-state index contributed by atoms with van der Waals surface area (Å²) < 4.78 is 36.4. The Hall–Kier alpha value is -0.250. The van der Waals surface area contributed by atoms with Gasteiger partial charge < -0.3 is 5.32 Å². The van der Waals surface area contributed by atoms with Crippen molar-refractivity contribution in [2.75, 3.05) is 0 Å². The first-order valence-electron chi connectivity index (χ1n) is 5.39. The molecule has 0 heterocycles. The highest BCUT2D eigenvalue weighted by atomic mass is 19.4. The zero-order valence-electron chi connectivity index (χ0n) is 10.2. The molecule has 0 saturated carbocycles. The van der Waals surface area contributed by atoms with Crippen molar-refractivity contribution in [2.45, 2.75) is 65.7 Å². The van der Waals surface area contributed by atoms with Crippen molar-refractivity contribution >= 4 is 0 Å². The molecular weight excluding hydrogens is 203 g/mol. The van der Waals surface area contributed by atoms with Crippen LogP contribution in [0.25, 0.3) is 0 Å². The normalized spacial score (nSPS) is 17.6. The fourth-order valence-corrected chi connectivity index (χ4v) is 1.73. The lowest BCUT2D eigenvalue weighted by atomic mass is 9.84. The first-order chi connectivity index (χ1) is 6.56. The van der Waals surface area contributed by atoms with Crippen molar-refractivity contribution in [3.63, 3.8) is 0 Å². The largest absolute Gasteiger partial charge is 0.390 e. The Morgan fingerprint density at radius 2 is 1.60 bits per heavy atom. The van der Waals surface area contributed by atoms with Crippen molar-refractivity contribution < 1.29 is 13.2 Å². The third-order valence-electron chi connectivity index (χ3n) is 2.48. The van der Waals surface area contributed by atoms with Crippen molar-refractivity contribution in [3.8, 4) is 0 Å². The van der Waals surface area contributed by atoms with Crippen LogP contribution in [0.5, 0.6) is 0 Å². The molecule has 0 aliphatic rings. The minimum absolute atomic E-state index is 0.00535. The van der Waals surface area contributed by atoms with E-state index in [0.29, 0.717) is 0 Å². The van der Waals surface area contributed by atoms with Gasteiger partial charge in [0.1, 0.15) is 0 Å². The van der Waals surface area contributed by atoms with E-state index in [1.54, 1.807) is 6.92 Å². The van der Waals surface area contributed by atoms with Gasteiger partial charge in [-0.1, -0.05) is 27.7 Å². The Labute approximate surface area is 90.4 Å².